The maximum Gasteiger partial charge on any atom is 0.305 e. The minimum Gasteiger partial charge on any atom is -0.469 e. The van der Waals surface area contributed by atoms with E-state index in [4.69, 9.17) is 0 Å². The first kappa shape index (κ1) is 26.7. The summed E-state index contributed by atoms with van der Waals surface area (Å²) in [6.45, 7) is 4.70. The number of rotatable bonds is 14. The van der Waals surface area contributed by atoms with E-state index in [1.807, 2.05) is 60.2 Å². The van der Waals surface area contributed by atoms with Crippen LogP contribution in [0.1, 0.15) is 74.3 Å². The molecule has 0 aliphatic carbocycles. The molecule has 0 spiro atoms. The van der Waals surface area contributed by atoms with Gasteiger partial charge in [0.05, 0.1) is 23.0 Å². The number of aryl methyl sites for hydroxylation is 1. The number of carbonyl (C=O) groups is 3. The zero-order valence-corrected chi connectivity index (χ0v) is 21.9. The lowest BCUT2D eigenvalue weighted by atomic mass is 10.1. The molecule has 0 N–H and O–H groups in total. The predicted octanol–water partition coefficient (Wildman–Crippen LogP) is 6.54. The van der Waals surface area contributed by atoms with E-state index in [1.165, 1.54) is 7.11 Å². The molecule has 35 heavy (non-hydrogen) atoms. The van der Waals surface area contributed by atoms with Crippen molar-refractivity contribution < 1.29 is 19.1 Å². The number of carbonyl (C=O) groups excluding carboxylic acids is 3. The second kappa shape index (κ2) is 13.2. The fraction of sp³-hybridized carbons (Fsp3) is 0.464. The van der Waals surface area contributed by atoms with Crippen LogP contribution in [0.25, 0.3) is 10.2 Å². The molecule has 0 aliphatic rings. The summed E-state index contributed by atoms with van der Waals surface area (Å²) >= 11 is 1.59. The van der Waals surface area contributed by atoms with Crippen LogP contribution in [0, 0.1) is 6.92 Å². The molecular weight excluding hydrogens is 460 g/mol. The molecule has 2 heterocycles. The van der Waals surface area contributed by atoms with E-state index in [1.54, 1.807) is 16.2 Å². The van der Waals surface area contributed by atoms with E-state index < -0.39 is 0 Å². The van der Waals surface area contributed by atoms with Crippen molar-refractivity contribution in [2.45, 2.75) is 71.8 Å². The summed E-state index contributed by atoms with van der Waals surface area (Å²) in [5, 5.41) is 2.00. The average Bonchev–Trinajstić information content (AvgIpc) is 3.43. The smallest absolute Gasteiger partial charge is 0.305 e. The lowest BCUT2D eigenvalue weighted by Gasteiger charge is -2.22. The third-order valence-corrected chi connectivity index (χ3v) is 7.15. The van der Waals surface area contributed by atoms with Crippen molar-refractivity contribution in [3.63, 3.8) is 0 Å². The Morgan fingerprint density at radius 3 is 2.37 bits per heavy atom. The predicted molar refractivity (Wildman–Crippen MR) is 142 cm³/mol. The average molecular weight is 497 g/mol. The van der Waals surface area contributed by atoms with E-state index in [-0.39, 0.29) is 24.2 Å². The zero-order chi connectivity index (χ0) is 25.2. The van der Waals surface area contributed by atoms with Gasteiger partial charge in [-0.2, -0.15) is 0 Å². The quantitative estimate of drug-likeness (QED) is 0.144. The number of anilines is 1. The summed E-state index contributed by atoms with van der Waals surface area (Å²) in [5.74, 6) is -0.0915. The molecule has 6 nitrogen and oxygen atoms in total. The van der Waals surface area contributed by atoms with Gasteiger partial charge < -0.3 is 14.2 Å². The van der Waals surface area contributed by atoms with E-state index >= 15 is 0 Å². The Bertz CT molecular complexity index is 1150. The van der Waals surface area contributed by atoms with Gasteiger partial charge in [0.25, 0.3) is 0 Å². The van der Waals surface area contributed by atoms with Crippen molar-refractivity contribution in [1.82, 2.24) is 4.57 Å². The molecular formula is C28H36N2O4S. The number of esters is 1. The van der Waals surface area contributed by atoms with Gasteiger partial charge in [0.15, 0.2) is 5.78 Å². The van der Waals surface area contributed by atoms with Gasteiger partial charge in [-0.05, 0) is 61.9 Å². The van der Waals surface area contributed by atoms with Crippen LogP contribution in [0.2, 0.25) is 0 Å². The number of thiophene rings is 1. The fourth-order valence-corrected chi connectivity index (χ4v) is 5.21. The molecule has 0 atom stereocenters. The van der Waals surface area contributed by atoms with Gasteiger partial charge in [-0.3, -0.25) is 14.4 Å². The molecule has 0 saturated carbocycles. The number of fused-ring (bicyclic) bond motifs is 1. The second-order valence-corrected chi connectivity index (χ2v) is 9.83. The normalized spacial score (nSPS) is 11.1. The van der Waals surface area contributed by atoms with Crippen molar-refractivity contribution in [1.29, 1.82) is 0 Å². The van der Waals surface area contributed by atoms with Crippen molar-refractivity contribution >= 4 is 44.9 Å². The molecule has 0 aliphatic heterocycles. The number of hydrogen-bond donors (Lipinski definition) is 0. The largest absolute Gasteiger partial charge is 0.469 e. The van der Waals surface area contributed by atoms with Crippen LogP contribution in [-0.4, -0.2) is 35.9 Å². The van der Waals surface area contributed by atoms with Crippen molar-refractivity contribution in [2.24, 2.45) is 0 Å². The number of amides is 1. The number of ether oxygens (including phenoxy) is 1. The third-order valence-electron chi connectivity index (χ3n) is 6.29. The van der Waals surface area contributed by atoms with Crippen molar-refractivity contribution in [3.8, 4) is 0 Å². The number of nitrogens with zero attached hydrogens (tertiary/aromatic N) is 2. The molecule has 1 aromatic carbocycles. The number of methoxy groups -OCH3 is 1. The number of unbranched alkanes of at least 4 members (excludes halogenated alkanes) is 5. The number of benzene rings is 1. The summed E-state index contributed by atoms with van der Waals surface area (Å²) in [5.41, 5.74) is 3.55. The fourth-order valence-electron chi connectivity index (χ4n) is 4.39. The minimum absolute atomic E-state index is 0.0252. The molecule has 7 heteroatoms. The maximum atomic E-state index is 13.3. The highest BCUT2D eigenvalue weighted by Crippen LogP contribution is 2.27. The second-order valence-electron chi connectivity index (χ2n) is 8.88. The molecule has 188 valence electrons. The van der Waals surface area contributed by atoms with Crippen molar-refractivity contribution in [3.05, 3.63) is 53.0 Å². The summed E-state index contributed by atoms with van der Waals surface area (Å²) in [6.07, 6.45) is 6.70. The molecule has 1 amide bonds. The highest BCUT2D eigenvalue weighted by atomic mass is 32.1. The third kappa shape index (κ3) is 7.28. The first-order valence-electron chi connectivity index (χ1n) is 12.5. The number of hydrogen-bond acceptors (Lipinski definition) is 5. The van der Waals surface area contributed by atoms with E-state index in [9.17, 15) is 14.4 Å². The minimum atomic E-state index is -0.155. The standard InChI is InChI=1S/C28H36N2O4S/c1-4-29(22-13-11-12-21(2)18-22)27(32)20-30-23-16-17-35-26(23)19-24(30)25(31)14-9-7-5-6-8-10-15-28(33)34-3/h11-13,16-19H,4-10,14-15,20H2,1-3H3. The summed E-state index contributed by atoms with van der Waals surface area (Å²) < 4.78 is 7.58. The zero-order valence-electron chi connectivity index (χ0n) is 21.0. The Labute approximate surface area is 211 Å². The number of Topliss-reactive ketones (excluding diaryl/α,β-unsaturated/α-hetero) is 1. The van der Waals surface area contributed by atoms with E-state index in [2.05, 4.69) is 4.74 Å². The maximum absolute atomic E-state index is 13.3. The van der Waals surface area contributed by atoms with Gasteiger partial charge in [-0.1, -0.05) is 37.8 Å². The Hall–Kier alpha value is -2.93. The Balaban J connectivity index is 1.58. The summed E-state index contributed by atoms with van der Waals surface area (Å²) in [4.78, 5) is 39.4. The summed E-state index contributed by atoms with van der Waals surface area (Å²) in [6, 6.07) is 11.9. The Kier molecular flexibility index (Phi) is 10.1. The number of ketones is 1. The highest BCUT2D eigenvalue weighted by Gasteiger charge is 2.21. The van der Waals surface area contributed by atoms with Gasteiger partial charge in [0.2, 0.25) is 5.91 Å². The van der Waals surface area contributed by atoms with Crippen molar-refractivity contribution in [2.75, 3.05) is 18.6 Å². The van der Waals surface area contributed by atoms with Gasteiger partial charge in [-0.15, -0.1) is 11.3 Å². The first-order valence-corrected chi connectivity index (χ1v) is 13.4. The molecule has 3 rings (SSSR count). The van der Waals surface area contributed by atoms with Crippen LogP contribution in [0.4, 0.5) is 5.69 Å². The van der Waals surface area contributed by atoms with Crippen LogP contribution >= 0.6 is 11.3 Å². The van der Waals surface area contributed by atoms with Gasteiger partial charge in [0.1, 0.15) is 6.54 Å². The molecule has 0 unspecified atom stereocenters. The molecule has 2 aromatic heterocycles. The summed E-state index contributed by atoms with van der Waals surface area (Å²) in [7, 11) is 1.42. The monoisotopic (exact) mass is 496 g/mol. The SMILES string of the molecule is CCN(C(=O)Cn1c(C(=O)CCCCCCCCC(=O)OC)cc2sccc21)c1cccc(C)c1. The first-order chi connectivity index (χ1) is 16.9. The number of likely N-dealkylation sites (N-methyl/N-ethyl adjacent to an activating group) is 1. The highest BCUT2D eigenvalue weighted by molar-refractivity contribution is 7.17. The van der Waals surface area contributed by atoms with E-state index in [0.29, 0.717) is 25.1 Å². The van der Waals surface area contributed by atoms with Crippen LogP contribution in [0.5, 0.6) is 0 Å². The molecule has 0 bridgehead atoms. The Morgan fingerprint density at radius 2 is 1.69 bits per heavy atom. The van der Waals surface area contributed by atoms with Crippen LogP contribution < -0.4 is 4.90 Å². The van der Waals surface area contributed by atoms with Gasteiger partial charge in [-0.25, -0.2) is 0 Å². The Morgan fingerprint density at radius 1 is 0.971 bits per heavy atom. The molecule has 3 aromatic rings. The lowest BCUT2D eigenvalue weighted by Crippen LogP contribution is -2.34. The van der Waals surface area contributed by atoms with Crippen LogP contribution in [0.3, 0.4) is 0 Å². The molecule has 0 radical (unpaired) electrons. The van der Waals surface area contributed by atoms with Gasteiger partial charge >= 0.3 is 5.97 Å². The number of aromatic nitrogens is 1. The molecule has 0 fully saturated rings. The topological polar surface area (TPSA) is 68.6 Å². The molecule has 0 saturated heterocycles. The van der Waals surface area contributed by atoms with Crippen LogP contribution in [-0.2, 0) is 20.9 Å². The van der Waals surface area contributed by atoms with Crippen LogP contribution in [0.15, 0.2) is 41.8 Å². The van der Waals surface area contributed by atoms with Gasteiger partial charge in [0, 0.05) is 25.1 Å². The van der Waals surface area contributed by atoms with E-state index in [0.717, 1.165) is 60.0 Å². The lowest BCUT2D eigenvalue weighted by molar-refractivity contribution is -0.140.